The van der Waals surface area contributed by atoms with Crippen LogP contribution in [0.3, 0.4) is 0 Å². The summed E-state index contributed by atoms with van der Waals surface area (Å²) in [5.41, 5.74) is 1.22. The fraction of sp³-hybridized carbons (Fsp3) is 0.647. The maximum Gasteiger partial charge on any atom is 0.0897 e. The molecule has 1 aromatic carbocycles. The molecule has 0 bridgehead atoms. The number of halogens is 1. The number of ether oxygens (including phenoxy) is 1. The number of hydrogen-bond donors (Lipinski definition) is 2. The lowest BCUT2D eigenvalue weighted by Gasteiger charge is -2.27. The lowest BCUT2D eigenvalue weighted by atomic mass is 9.82. The molecule has 120 valence electrons. The molecule has 0 aliphatic heterocycles. The zero-order valence-electron chi connectivity index (χ0n) is 13.5. The van der Waals surface area contributed by atoms with Gasteiger partial charge in [0.2, 0.25) is 0 Å². The number of nitrogens with one attached hydrogen (secondary N) is 1. The molecule has 3 nitrogen and oxygen atoms in total. The van der Waals surface area contributed by atoms with Crippen LogP contribution in [0.4, 0.5) is 0 Å². The van der Waals surface area contributed by atoms with E-state index in [4.69, 9.17) is 16.3 Å². The summed E-state index contributed by atoms with van der Waals surface area (Å²) >= 11 is 6.05. The van der Waals surface area contributed by atoms with E-state index in [0.717, 1.165) is 12.1 Å². The summed E-state index contributed by atoms with van der Waals surface area (Å²) < 4.78 is 5.51. The van der Waals surface area contributed by atoms with Crippen LogP contribution in [0.5, 0.6) is 0 Å². The normalized spacial score (nSPS) is 15.0. The van der Waals surface area contributed by atoms with Crippen LogP contribution >= 0.6 is 11.6 Å². The highest BCUT2D eigenvalue weighted by molar-refractivity contribution is 6.31. The molecule has 4 heteroatoms. The van der Waals surface area contributed by atoms with Gasteiger partial charge in [0.05, 0.1) is 19.3 Å². The Morgan fingerprint density at radius 1 is 1.24 bits per heavy atom. The standard InChI is InChI=1S/C17H28ClNO2/c1-13(17(2,3)4)9-19-10-15(20)12-21-11-14-7-5-6-8-16(14)18/h5-8,13,15,19-20H,9-12H2,1-4H3. The summed E-state index contributed by atoms with van der Waals surface area (Å²) in [4.78, 5) is 0. The molecule has 21 heavy (non-hydrogen) atoms. The van der Waals surface area contributed by atoms with Gasteiger partial charge in [-0.05, 0) is 29.5 Å². The van der Waals surface area contributed by atoms with Crippen molar-refractivity contribution in [3.05, 3.63) is 34.9 Å². The molecule has 0 aliphatic rings. The highest BCUT2D eigenvalue weighted by Crippen LogP contribution is 2.24. The fourth-order valence-electron chi connectivity index (χ4n) is 1.75. The van der Waals surface area contributed by atoms with Gasteiger partial charge < -0.3 is 15.2 Å². The van der Waals surface area contributed by atoms with Crippen LogP contribution < -0.4 is 5.32 Å². The second-order valence-electron chi connectivity index (χ2n) is 6.69. The molecule has 0 fully saturated rings. The number of hydrogen-bond acceptors (Lipinski definition) is 3. The monoisotopic (exact) mass is 313 g/mol. The van der Waals surface area contributed by atoms with Gasteiger partial charge in [-0.1, -0.05) is 57.5 Å². The number of rotatable bonds is 8. The minimum Gasteiger partial charge on any atom is -0.389 e. The quantitative estimate of drug-likeness (QED) is 0.772. The van der Waals surface area contributed by atoms with Gasteiger partial charge in [0, 0.05) is 11.6 Å². The Balaban J connectivity index is 2.17. The highest BCUT2D eigenvalue weighted by Gasteiger charge is 2.19. The highest BCUT2D eigenvalue weighted by atomic mass is 35.5. The molecule has 0 aromatic heterocycles. The minimum atomic E-state index is -0.500. The third-order valence-electron chi connectivity index (χ3n) is 3.83. The maximum absolute atomic E-state index is 9.89. The minimum absolute atomic E-state index is 0.276. The van der Waals surface area contributed by atoms with Crippen molar-refractivity contribution < 1.29 is 9.84 Å². The van der Waals surface area contributed by atoms with Crippen molar-refractivity contribution in [1.29, 1.82) is 0 Å². The van der Waals surface area contributed by atoms with Gasteiger partial charge in [-0.2, -0.15) is 0 Å². The SMILES string of the molecule is CC(CNCC(O)COCc1ccccc1Cl)C(C)(C)C. The lowest BCUT2D eigenvalue weighted by molar-refractivity contribution is 0.0280. The largest absolute Gasteiger partial charge is 0.389 e. The van der Waals surface area contributed by atoms with Crippen molar-refractivity contribution in [2.24, 2.45) is 11.3 Å². The van der Waals surface area contributed by atoms with Crippen molar-refractivity contribution in [2.75, 3.05) is 19.7 Å². The van der Waals surface area contributed by atoms with E-state index in [1.54, 1.807) is 0 Å². The summed E-state index contributed by atoms with van der Waals surface area (Å²) in [6, 6.07) is 7.58. The smallest absolute Gasteiger partial charge is 0.0897 e. The van der Waals surface area contributed by atoms with E-state index in [-0.39, 0.29) is 5.41 Å². The summed E-state index contributed by atoms with van der Waals surface area (Å²) in [6.07, 6.45) is -0.500. The van der Waals surface area contributed by atoms with Crippen molar-refractivity contribution in [3.63, 3.8) is 0 Å². The Morgan fingerprint density at radius 3 is 2.52 bits per heavy atom. The van der Waals surface area contributed by atoms with Crippen molar-refractivity contribution >= 4 is 11.6 Å². The topological polar surface area (TPSA) is 41.5 Å². The van der Waals surface area contributed by atoms with Crippen molar-refractivity contribution in [3.8, 4) is 0 Å². The molecule has 0 saturated heterocycles. The fourth-order valence-corrected chi connectivity index (χ4v) is 1.94. The molecule has 0 spiro atoms. The average molecular weight is 314 g/mol. The van der Waals surface area contributed by atoms with Crippen LogP contribution in [0, 0.1) is 11.3 Å². The zero-order chi connectivity index (χ0) is 15.9. The summed E-state index contributed by atoms with van der Waals surface area (Å²) in [5.74, 6) is 0.550. The van der Waals surface area contributed by atoms with Crippen molar-refractivity contribution in [1.82, 2.24) is 5.32 Å². The Hall–Kier alpha value is -0.610. The van der Waals surface area contributed by atoms with Gasteiger partial charge >= 0.3 is 0 Å². The Bertz CT molecular complexity index is 417. The third-order valence-corrected chi connectivity index (χ3v) is 4.20. The molecule has 1 aromatic rings. The van der Waals surface area contributed by atoms with Gasteiger partial charge in [0.15, 0.2) is 0 Å². The molecule has 0 radical (unpaired) electrons. The van der Waals surface area contributed by atoms with Crippen LogP contribution in [0.15, 0.2) is 24.3 Å². The van der Waals surface area contributed by atoms with Gasteiger partial charge in [-0.25, -0.2) is 0 Å². The molecule has 0 amide bonds. The Morgan fingerprint density at radius 2 is 1.90 bits per heavy atom. The van der Waals surface area contributed by atoms with Gasteiger partial charge in [0.1, 0.15) is 0 Å². The average Bonchev–Trinajstić information content (AvgIpc) is 2.39. The van der Waals surface area contributed by atoms with E-state index in [2.05, 4.69) is 33.0 Å². The van der Waals surface area contributed by atoms with Crippen LogP contribution in [0.25, 0.3) is 0 Å². The molecule has 2 unspecified atom stereocenters. The van der Waals surface area contributed by atoms with Gasteiger partial charge in [-0.15, -0.1) is 0 Å². The number of aliphatic hydroxyl groups excluding tert-OH is 1. The summed E-state index contributed by atoms with van der Waals surface area (Å²) in [5, 5.41) is 13.9. The molecule has 1 rings (SSSR count). The van der Waals surface area contributed by atoms with E-state index in [0.29, 0.717) is 30.7 Å². The van der Waals surface area contributed by atoms with Crippen LogP contribution in [0.2, 0.25) is 5.02 Å². The van der Waals surface area contributed by atoms with E-state index < -0.39 is 6.10 Å². The molecule has 0 heterocycles. The van der Waals surface area contributed by atoms with Crippen LogP contribution in [-0.4, -0.2) is 30.9 Å². The molecule has 2 N–H and O–H groups in total. The molecule has 2 atom stereocenters. The Kier molecular flexibility index (Phi) is 7.67. The predicted octanol–water partition coefficient (Wildman–Crippen LogP) is 3.49. The number of aliphatic hydroxyl groups is 1. The van der Waals surface area contributed by atoms with Gasteiger partial charge in [0.25, 0.3) is 0 Å². The first-order valence-corrected chi connectivity index (χ1v) is 7.88. The summed E-state index contributed by atoms with van der Waals surface area (Å²) in [6.45, 7) is 11.1. The van der Waals surface area contributed by atoms with Crippen molar-refractivity contribution in [2.45, 2.75) is 40.4 Å². The first-order chi connectivity index (χ1) is 9.80. The van der Waals surface area contributed by atoms with E-state index >= 15 is 0 Å². The van der Waals surface area contributed by atoms with E-state index in [1.807, 2.05) is 24.3 Å². The Labute approximate surface area is 133 Å². The zero-order valence-corrected chi connectivity index (χ0v) is 14.3. The van der Waals surface area contributed by atoms with Crippen LogP contribution in [-0.2, 0) is 11.3 Å². The first kappa shape index (κ1) is 18.4. The third kappa shape index (κ3) is 7.28. The molecule has 0 aliphatic carbocycles. The molecular formula is C17H28ClNO2. The van der Waals surface area contributed by atoms with E-state index in [1.165, 1.54) is 0 Å². The maximum atomic E-state index is 9.89. The number of benzene rings is 1. The van der Waals surface area contributed by atoms with Gasteiger partial charge in [-0.3, -0.25) is 0 Å². The first-order valence-electron chi connectivity index (χ1n) is 7.50. The summed E-state index contributed by atoms with van der Waals surface area (Å²) in [7, 11) is 0. The lowest BCUT2D eigenvalue weighted by Crippen LogP contribution is -2.36. The molecule has 0 saturated carbocycles. The predicted molar refractivity (Wildman–Crippen MR) is 88.6 cm³/mol. The molecular weight excluding hydrogens is 286 g/mol. The second kappa shape index (κ2) is 8.74. The van der Waals surface area contributed by atoms with E-state index in [9.17, 15) is 5.11 Å². The van der Waals surface area contributed by atoms with Crippen LogP contribution in [0.1, 0.15) is 33.3 Å². The second-order valence-corrected chi connectivity index (χ2v) is 7.09.